The Morgan fingerprint density at radius 1 is 1.12 bits per heavy atom. The van der Waals surface area contributed by atoms with Crippen LogP contribution in [0.25, 0.3) is 11.2 Å². The van der Waals surface area contributed by atoms with Crippen molar-refractivity contribution in [2.45, 2.75) is 39.2 Å². The second-order valence-electron chi connectivity index (χ2n) is 6.76. The largest absolute Gasteiger partial charge is 0.423 e. The quantitative estimate of drug-likeness (QED) is 0.739. The molecule has 2 aromatic heterocycles. The maximum absolute atomic E-state index is 5.61. The van der Waals surface area contributed by atoms with Gasteiger partial charge in [0.25, 0.3) is 0 Å². The molecule has 1 aliphatic heterocycles. The topological polar surface area (TPSA) is 63.3 Å². The van der Waals surface area contributed by atoms with Crippen LogP contribution in [0.2, 0.25) is 0 Å². The molecule has 0 amide bonds. The van der Waals surface area contributed by atoms with Gasteiger partial charge in [-0.3, -0.25) is 4.99 Å². The van der Waals surface area contributed by atoms with Crippen molar-refractivity contribution in [2.75, 3.05) is 5.32 Å². The Hall–Kier alpha value is -2.69. The van der Waals surface area contributed by atoms with Crippen LogP contribution >= 0.6 is 0 Å². The van der Waals surface area contributed by atoms with Crippen molar-refractivity contribution < 1.29 is 4.42 Å². The molecule has 5 nitrogen and oxygen atoms in total. The summed E-state index contributed by atoms with van der Waals surface area (Å²) in [4.78, 5) is 14.1. The zero-order chi connectivity index (χ0) is 16.4. The highest BCUT2D eigenvalue weighted by molar-refractivity contribution is 6.11. The zero-order valence-corrected chi connectivity index (χ0v) is 13.9. The van der Waals surface area contributed by atoms with Gasteiger partial charge in [0.2, 0.25) is 5.71 Å². The van der Waals surface area contributed by atoms with Gasteiger partial charge in [-0.1, -0.05) is 18.2 Å². The number of hydrogen-bond donors (Lipinski definition) is 1. The van der Waals surface area contributed by atoms with Crippen molar-refractivity contribution in [3.05, 3.63) is 52.5 Å². The third-order valence-electron chi connectivity index (χ3n) is 4.90. The van der Waals surface area contributed by atoms with Crippen LogP contribution in [-0.2, 0) is 0 Å². The molecule has 5 rings (SSSR count). The van der Waals surface area contributed by atoms with Crippen molar-refractivity contribution in [2.24, 2.45) is 4.99 Å². The summed E-state index contributed by atoms with van der Waals surface area (Å²) in [6.45, 7) is 6.08. The van der Waals surface area contributed by atoms with E-state index >= 15 is 0 Å². The van der Waals surface area contributed by atoms with E-state index in [-0.39, 0.29) is 0 Å². The van der Waals surface area contributed by atoms with Gasteiger partial charge in [0, 0.05) is 24.1 Å². The smallest absolute Gasteiger partial charge is 0.247 e. The molecule has 2 atom stereocenters. The summed E-state index contributed by atoms with van der Waals surface area (Å²) >= 11 is 0. The molecule has 2 unspecified atom stereocenters. The molecular formula is C19H18N4O. The van der Waals surface area contributed by atoms with Gasteiger partial charge in [-0.25, -0.2) is 9.97 Å². The summed E-state index contributed by atoms with van der Waals surface area (Å²) < 4.78 is 5.61. The van der Waals surface area contributed by atoms with E-state index in [9.17, 15) is 0 Å². The average Bonchev–Trinajstić information content (AvgIpc) is 3.22. The standard InChI is InChI=1S/C19H18N4O/c1-9-5-4-6-10(2)16(9)22-18-13-8-15-19(24-11(3)20-15)23-17(13)12-7-14(12)21-18/h4-6,8,12,14H,7H2,1-3H3,(H,21,22). The maximum atomic E-state index is 5.61. The van der Waals surface area contributed by atoms with E-state index in [1.165, 1.54) is 11.1 Å². The minimum atomic E-state index is 0.346. The van der Waals surface area contributed by atoms with E-state index in [0.29, 0.717) is 23.6 Å². The molecule has 0 saturated heterocycles. The molecule has 0 bridgehead atoms. The lowest BCUT2D eigenvalue weighted by atomic mass is 10.0. The van der Waals surface area contributed by atoms with Gasteiger partial charge in [0.05, 0.1) is 11.7 Å². The van der Waals surface area contributed by atoms with Crippen LogP contribution in [0.5, 0.6) is 0 Å². The van der Waals surface area contributed by atoms with E-state index in [0.717, 1.165) is 34.7 Å². The summed E-state index contributed by atoms with van der Waals surface area (Å²) in [7, 11) is 0. The first-order valence-electron chi connectivity index (χ1n) is 8.29. The van der Waals surface area contributed by atoms with Crippen molar-refractivity contribution in [3.63, 3.8) is 0 Å². The molecule has 1 fully saturated rings. The predicted octanol–water partition coefficient (Wildman–Crippen LogP) is 3.88. The number of aromatic nitrogens is 2. The summed E-state index contributed by atoms with van der Waals surface area (Å²) in [5, 5.41) is 3.55. The number of oxazole rings is 1. The third-order valence-corrected chi connectivity index (χ3v) is 4.90. The molecule has 1 aromatic carbocycles. The van der Waals surface area contributed by atoms with Crippen LogP contribution < -0.4 is 5.32 Å². The lowest BCUT2D eigenvalue weighted by molar-refractivity contribution is 0.550. The van der Waals surface area contributed by atoms with E-state index < -0.39 is 0 Å². The van der Waals surface area contributed by atoms with Crippen LogP contribution in [0, 0.1) is 20.8 Å². The lowest BCUT2D eigenvalue weighted by Crippen LogP contribution is -2.21. The van der Waals surface area contributed by atoms with Gasteiger partial charge in [0.15, 0.2) is 5.89 Å². The first kappa shape index (κ1) is 13.7. The number of amidine groups is 1. The molecule has 1 saturated carbocycles. The Morgan fingerprint density at radius 3 is 2.71 bits per heavy atom. The fourth-order valence-electron chi connectivity index (χ4n) is 3.54. The molecule has 5 heteroatoms. The van der Waals surface area contributed by atoms with Crippen LogP contribution in [-0.4, -0.2) is 21.8 Å². The highest BCUT2D eigenvalue weighted by atomic mass is 16.4. The number of aryl methyl sites for hydroxylation is 3. The monoisotopic (exact) mass is 318 g/mol. The van der Waals surface area contributed by atoms with Crippen LogP contribution in [0.1, 0.15) is 40.6 Å². The Balaban J connectivity index is 1.64. The summed E-state index contributed by atoms with van der Waals surface area (Å²) in [6.07, 6.45) is 1.07. The third kappa shape index (κ3) is 1.97. The maximum Gasteiger partial charge on any atom is 0.247 e. The summed E-state index contributed by atoms with van der Waals surface area (Å²) in [6, 6.07) is 8.71. The van der Waals surface area contributed by atoms with Crippen LogP contribution in [0.3, 0.4) is 0 Å². The van der Waals surface area contributed by atoms with E-state index in [1.807, 2.05) is 6.92 Å². The van der Waals surface area contributed by atoms with Gasteiger partial charge in [-0.15, -0.1) is 0 Å². The number of pyridine rings is 1. The number of fused-ring (bicyclic) bond motifs is 4. The first-order chi connectivity index (χ1) is 11.6. The van der Waals surface area contributed by atoms with Gasteiger partial charge in [-0.2, -0.15) is 0 Å². The molecule has 1 aliphatic carbocycles. The van der Waals surface area contributed by atoms with Gasteiger partial charge in [0.1, 0.15) is 11.4 Å². The number of benzene rings is 1. The number of anilines is 1. The fraction of sp³-hybridized carbons (Fsp3) is 0.316. The van der Waals surface area contributed by atoms with Crippen molar-refractivity contribution >= 4 is 22.8 Å². The normalized spacial score (nSPS) is 21.2. The van der Waals surface area contributed by atoms with E-state index in [4.69, 9.17) is 14.4 Å². The summed E-state index contributed by atoms with van der Waals surface area (Å²) in [5.74, 6) is 1.97. The highest BCUT2D eigenvalue weighted by Crippen LogP contribution is 2.47. The first-order valence-corrected chi connectivity index (χ1v) is 8.29. The van der Waals surface area contributed by atoms with Crippen molar-refractivity contribution in [1.82, 2.24) is 9.97 Å². The van der Waals surface area contributed by atoms with E-state index in [1.54, 1.807) is 0 Å². The van der Waals surface area contributed by atoms with Crippen molar-refractivity contribution in [3.8, 4) is 0 Å². The van der Waals surface area contributed by atoms with Crippen LogP contribution in [0.15, 0.2) is 33.7 Å². The lowest BCUT2D eigenvalue weighted by Gasteiger charge is -2.19. The second-order valence-corrected chi connectivity index (χ2v) is 6.76. The molecule has 3 aromatic rings. The molecule has 3 heterocycles. The minimum absolute atomic E-state index is 0.346. The molecule has 120 valence electrons. The Morgan fingerprint density at radius 2 is 1.92 bits per heavy atom. The number of hydrogen-bond acceptors (Lipinski definition) is 5. The molecule has 0 radical (unpaired) electrons. The van der Waals surface area contributed by atoms with Crippen molar-refractivity contribution in [1.29, 1.82) is 0 Å². The molecular weight excluding hydrogens is 300 g/mol. The SMILES string of the molecule is Cc1nc2cc3c(nc2o1)C1CC1N=C3Nc1c(C)cccc1C. The minimum Gasteiger partial charge on any atom is -0.423 e. The van der Waals surface area contributed by atoms with Gasteiger partial charge in [-0.05, 0) is 37.5 Å². The molecule has 1 N–H and O–H groups in total. The number of rotatable bonds is 1. The highest BCUT2D eigenvalue weighted by Gasteiger charge is 2.45. The molecule has 2 aliphatic rings. The number of nitrogens with one attached hydrogen (secondary N) is 1. The number of nitrogens with zero attached hydrogens (tertiary/aromatic N) is 3. The second kappa shape index (κ2) is 4.66. The molecule has 0 spiro atoms. The van der Waals surface area contributed by atoms with Gasteiger partial charge < -0.3 is 9.73 Å². The Labute approximate surface area is 139 Å². The summed E-state index contributed by atoms with van der Waals surface area (Å²) in [5.41, 5.74) is 7.11. The predicted molar refractivity (Wildman–Crippen MR) is 93.8 cm³/mol. The number of para-hydroxylation sites is 1. The zero-order valence-electron chi connectivity index (χ0n) is 13.9. The fourth-order valence-corrected chi connectivity index (χ4v) is 3.54. The Bertz CT molecular complexity index is 997. The van der Waals surface area contributed by atoms with Crippen LogP contribution in [0.4, 0.5) is 5.69 Å². The Kier molecular flexibility index (Phi) is 2.66. The van der Waals surface area contributed by atoms with E-state index in [2.05, 4.69) is 48.4 Å². The van der Waals surface area contributed by atoms with Gasteiger partial charge >= 0.3 is 0 Å². The number of aliphatic imine (C=N–C) groups is 1. The molecule has 24 heavy (non-hydrogen) atoms. The average molecular weight is 318 g/mol.